The Kier molecular flexibility index (Phi) is 2.44. The van der Waals surface area contributed by atoms with E-state index in [1.165, 1.54) is 0 Å². The molecule has 1 rings (SSSR count). The van der Waals surface area contributed by atoms with Crippen molar-refractivity contribution >= 4 is 18.1 Å². The molecule has 0 saturated heterocycles. The highest BCUT2D eigenvalue weighted by Crippen LogP contribution is 2.21. The van der Waals surface area contributed by atoms with E-state index in [1.807, 2.05) is 12.1 Å². The van der Waals surface area contributed by atoms with Gasteiger partial charge >= 0.3 is 0 Å². The number of rotatable bonds is 2. The molecule has 0 fully saturated rings. The van der Waals surface area contributed by atoms with E-state index in [9.17, 15) is 0 Å². The molecule has 0 amide bonds. The molecule has 60 valence electrons. The molecule has 1 aromatic rings. The predicted molar refractivity (Wildman–Crippen MR) is 49.9 cm³/mol. The number of aliphatic imine (C=N–C) groups is 1. The molecule has 1 N–H and O–H groups in total. The lowest BCUT2D eigenvalue weighted by Gasteiger charge is -2.01. The van der Waals surface area contributed by atoms with Crippen molar-refractivity contribution in [2.75, 3.05) is 12.4 Å². The van der Waals surface area contributed by atoms with E-state index < -0.39 is 0 Å². The summed E-state index contributed by atoms with van der Waals surface area (Å²) >= 11 is 0. The molecule has 0 unspecified atom stereocenters. The van der Waals surface area contributed by atoms with Gasteiger partial charge in [-0.15, -0.1) is 0 Å². The number of nitriles is 1. The summed E-state index contributed by atoms with van der Waals surface area (Å²) < 4.78 is 0. The summed E-state index contributed by atoms with van der Waals surface area (Å²) in [4.78, 5) is 3.72. The number of anilines is 1. The van der Waals surface area contributed by atoms with Crippen molar-refractivity contribution in [1.82, 2.24) is 0 Å². The highest BCUT2D eigenvalue weighted by molar-refractivity contribution is 5.63. The Hall–Kier alpha value is -1.82. The molecule has 3 nitrogen and oxygen atoms in total. The maximum absolute atomic E-state index is 8.70. The van der Waals surface area contributed by atoms with Gasteiger partial charge in [0.05, 0.1) is 11.3 Å². The third-order valence-electron chi connectivity index (χ3n) is 1.58. The Morgan fingerprint density at radius 2 is 2.33 bits per heavy atom. The van der Waals surface area contributed by atoms with Crippen LogP contribution < -0.4 is 5.32 Å². The van der Waals surface area contributed by atoms with Crippen molar-refractivity contribution in [3.8, 4) is 6.07 Å². The van der Waals surface area contributed by atoms with Crippen LogP contribution in [-0.2, 0) is 0 Å². The maximum atomic E-state index is 8.70. The van der Waals surface area contributed by atoms with Crippen LogP contribution in [0, 0.1) is 11.3 Å². The molecule has 0 atom stereocenters. The molecule has 12 heavy (non-hydrogen) atoms. The normalized spacial score (nSPS) is 8.67. The van der Waals surface area contributed by atoms with Gasteiger partial charge in [-0.2, -0.15) is 5.26 Å². The van der Waals surface area contributed by atoms with E-state index in [0.29, 0.717) is 11.3 Å². The van der Waals surface area contributed by atoms with Crippen LogP contribution in [0.2, 0.25) is 0 Å². The summed E-state index contributed by atoms with van der Waals surface area (Å²) in [6.45, 7) is 3.37. The van der Waals surface area contributed by atoms with Crippen molar-refractivity contribution in [1.29, 1.82) is 5.26 Å². The summed E-state index contributed by atoms with van der Waals surface area (Å²) in [6, 6.07) is 7.40. The predicted octanol–water partition coefficient (Wildman–Crippen LogP) is 1.93. The average molecular weight is 159 g/mol. The van der Waals surface area contributed by atoms with E-state index in [4.69, 9.17) is 5.26 Å². The van der Waals surface area contributed by atoms with Crippen molar-refractivity contribution in [3.05, 3.63) is 23.8 Å². The lowest BCUT2D eigenvalue weighted by molar-refractivity contribution is 1.43. The van der Waals surface area contributed by atoms with Crippen LogP contribution in [-0.4, -0.2) is 13.8 Å². The topological polar surface area (TPSA) is 48.2 Å². The first-order chi connectivity index (χ1) is 5.81. The zero-order valence-electron chi connectivity index (χ0n) is 6.83. The van der Waals surface area contributed by atoms with Crippen LogP contribution >= 0.6 is 0 Å². The van der Waals surface area contributed by atoms with Crippen molar-refractivity contribution in [2.45, 2.75) is 0 Å². The molecule has 0 spiro atoms. The first-order valence-electron chi connectivity index (χ1n) is 3.50. The quantitative estimate of drug-likeness (QED) is 0.670. The fraction of sp³-hybridized carbons (Fsp3) is 0.111. The Balaban J connectivity index is 3.22. The van der Waals surface area contributed by atoms with Gasteiger partial charge in [-0.05, 0) is 24.9 Å². The van der Waals surface area contributed by atoms with Crippen molar-refractivity contribution < 1.29 is 0 Å². The van der Waals surface area contributed by atoms with Crippen LogP contribution in [0.15, 0.2) is 23.2 Å². The SMILES string of the molecule is C=Nc1ccc(NC)cc1C#N. The number of nitrogens with one attached hydrogen (secondary N) is 1. The summed E-state index contributed by atoms with van der Waals surface area (Å²) in [6.07, 6.45) is 0. The van der Waals surface area contributed by atoms with Gasteiger partial charge in [0.1, 0.15) is 6.07 Å². The van der Waals surface area contributed by atoms with Crippen LogP contribution in [0.3, 0.4) is 0 Å². The molecule has 0 aromatic heterocycles. The summed E-state index contributed by atoms with van der Waals surface area (Å²) in [5.74, 6) is 0. The molecule has 0 aliphatic carbocycles. The number of benzene rings is 1. The molecule has 0 heterocycles. The van der Waals surface area contributed by atoms with Gasteiger partial charge in [0, 0.05) is 12.7 Å². The largest absolute Gasteiger partial charge is 0.388 e. The second kappa shape index (κ2) is 3.54. The van der Waals surface area contributed by atoms with Gasteiger partial charge in [-0.3, -0.25) is 4.99 Å². The average Bonchev–Trinajstić information content (AvgIpc) is 2.16. The minimum Gasteiger partial charge on any atom is -0.388 e. The Morgan fingerprint density at radius 1 is 1.58 bits per heavy atom. The van der Waals surface area contributed by atoms with E-state index in [2.05, 4.69) is 17.0 Å². The minimum absolute atomic E-state index is 0.539. The molecular weight excluding hydrogens is 150 g/mol. The monoisotopic (exact) mass is 159 g/mol. The summed E-state index contributed by atoms with van der Waals surface area (Å²) in [5.41, 5.74) is 2.06. The zero-order valence-corrected chi connectivity index (χ0v) is 6.83. The molecule has 0 radical (unpaired) electrons. The van der Waals surface area contributed by atoms with Gasteiger partial charge in [-0.1, -0.05) is 0 Å². The molecule has 0 aliphatic rings. The van der Waals surface area contributed by atoms with Crippen LogP contribution in [0.25, 0.3) is 0 Å². The zero-order chi connectivity index (χ0) is 8.97. The molecule has 0 aliphatic heterocycles. The lowest BCUT2D eigenvalue weighted by Crippen LogP contribution is -1.88. The molecule has 0 saturated carbocycles. The van der Waals surface area contributed by atoms with Crippen molar-refractivity contribution in [3.63, 3.8) is 0 Å². The standard InChI is InChI=1S/C9H9N3/c1-11-8-3-4-9(12-2)7(5-8)6-10/h3-5,11H,2H2,1H3. The fourth-order valence-corrected chi connectivity index (χ4v) is 0.919. The molecule has 1 aromatic carbocycles. The highest BCUT2D eigenvalue weighted by atomic mass is 14.8. The third-order valence-corrected chi connectivity index (χ3v) is 1.58. The van der Waals surface area contributed by atoms with Crippen LogP contribution in [0.4, 0.5) is 11.4 Å². The Labute approximate surface area is 71.4 Å². The third kappa shape index (κ3) is 1.43. The second-order valence-electron chi connectivity index (χ2n) is 2.25. The number of hydrogen-bond acceptors (Lipinski definition) is 3. The molecule has 3 heteroatoms. The van der Waals surface area contributed by atoms with E-state index in [-0.39, 0.29) is 0 Å². The number of nitrogens with zero attached hydrogens (tertiary/aromatic N) is 2. The summed E-state index contributed by atoms with van der Waals surface area (Å²) in [7, 11) is 1.80. The van der Waals surface area contributed by atoms with E-state index in [0.717, 1.165) is 5.69 Å². The van der Waals surface area contributed by atoms with Gasteiger partial charge < -0.3 is 5.32 Å². The first-order valence-corrected chi connectivity index (χ1v) is 3.50. The molecular formula is C9H9N3. The second-order valence-corrected chi connectivity index (χ2v) is 2.25. The highest BCUT2D eigenvalue weighted by Gasteiger charge is 1.99. The van der Waals surface area contributed by atoms with Crippen LogP contribution in [0.1, 0.15) is 5.56 Å². The lowest BCUT2D eigenvalue weighted by atomic mass is 10.2. The van der Waals surface area contributed by atoms with Gasteiger partial charge in [0.25, 0.3) is 0 Å². The number of hydrogen-bond donors (Lipinski definition) is 1. The fourth-order valence-electron chi connectivity index (χ4n) is 0.919. The van der Waals surface area contributed by atoms with Crippen molar-refractivity contribution in [2.24, 2.45) is 4.99 Å². The van der Waals surface area contributed by atoms with Gasteiger partial charge in [0.2, 0.25) is 0 Å². The van der Waals surface area contributed by atoms with E-state index in [1.54, 1.807) is 19.2 Å². The summed E-state index contributed by atoms with van der Waals surface area (Å²) in [5, 5.41) is 11.6. The van der Waals surface area contributed by atoms with Gasteiger partial charge in [-0.25, -0.2) is 0 Å². The Bertz CT molecular complexity index is 336. The minimum atomic E-state index is 0.539. The smallest absolute Gasteiger partial charge is 0.101 e. The van der Waals surface area contributed by atoms with Gasteiger partial charge in [0.15, 0.2) is 0 Å². The van der Waals surface area contributed by atoms with Crippen LogP contribution in [0.5, 0.6) is 0 Å². The van der Waals surface area contributed by atoms with E-state index >= 15 is 0 Å². The maximum Gasteiger partial charge on any atom is 0.101 e. The Morgan fingerprint density at radius 3 is 2.83 bits per heavy atom. The first kappa shape index (κ1) is 8.28. The molecule has 0 bridgehead atoms.